The Labute approximate surface area is 747 Å². The SMILES string of the molecule is CCCCCCOc1c(-c2ccc(-c3cc(-c4ccccn4)nc(-c4ccccn4)c3)cc2)c(OCCCCCC)c(-c2ccc(-c3cc(-c4ccccn4)nc(-c4ccccn4)c3)cc2)c(OCCCCCC)c1-c1ccc(-c2cc(-c3ccccn3)nc(-c3ccccn3)c2)cc1.[Cl-].[Cl-].[Cl-].[Cl-].[Cl-].[Cl-].[Cl-].[Cl-].[Cl-].[Ru+3].[Ru+3].[Ru+3]. The Hall–Kier alpha value is -6.89. The molecule has 9 heterocycles. The van der Waals surface area contributed by atoms with Crippen LogP contribution in [0.25, 0.3) is 135 Å². The number of aromatic nitrogens is 9. The molecule has 0 aliphatic carbocycles. The molecule has 9 aromatic heterocycles. The van der Waals surface area contributed by atoms with E-state index in [1.54, 1.807) is 37.2 Å². The molecule has 12 nitrogen and oxygen atoms in total. The van der Waals surface area contributed by atoms with Crippen LogP contribution < -0.4 is 126 Å². The van der Waals surface area contributed by atoms with Gasteiger partial charge in [0.2, 0.25) is 0 Å². The van der Waals surface area contributed by atoms with Gasteiger partial charge in [-0.15, -0.1) is 0 Å². The Morgan fingerprint density at radius 1 is 0.207 bits per heavy atom. The zero-order valence-corrected chi connectivity index (χ0v) is 73.1. The van der Waals surface area contributed by atoms with Crippen LogP contribution in [0, 0.1) is 0 Å². The quantitative estimate of drug-likeness (QED) is 0.0315. The number of hydrogen-bond donors (Lipinski definition) is 0. The standard InChI is InChI=1S/C87H81N9O3.9ClH.3Ru/c1-4-7-10-25-52-97-85-82(64-40-34-61(35-41-64)67-55-76(70-28-13-19-46-88-70)94-77(56-67)71-29-14-20-47-89-71)86(98-53-26-11-8-5-2)84(66-44-38-63(39-45-66)69-59-80(74-32-17-23-50-92-74)96-81(60-69)75-33-18-24-51-93-75)87(99-54-27-12-9-6-3)83(85)65-42-36-62(37-43-65)68-57-78(72-30-15-21-48-90-72)95-79(58-68)73-31-16-22-49-91-73;;;;;;;;;;;;/h13-24,28-51,55-60H,4-12,25-27,52-54H2,1-3H3;9*1H;;;/q;;;;;;;;;;3*+3/p-9. The van der Waals surface area contributed by atoms with E-state index in [2.05, 4.69) is 130 Å². The first-order chi connectivity index (χ1) is 49.0. The van der Waals surface area contributed by atoms with E-state index < -0.39 is 0 Å². The van der Waals surface area contributed by atoms with Gasteiger partial charge in [-0.2, -0.15) is 0 Å². The zero-order valence-electron chi connectivity index (χ0n) is 61.1. The Kier molecular flexibility index (Phi) is 48.3. The molecule has 0 aliphatic rings. The molecule has 0 aliphatic heterocycles. The fraction of sp³-hybridized carbons (Fsp3) is 0.207. The number of unbranched alkanes of at least 4 members (excludes halogenated alkanes) is 9. The summed E-state index contributed by atoms with van der Waals surface area (Å²) in [7, 11) is 0. The van der Waals surface area contributed by atoms with Crippen LogP contribution in [0.3, 0.4) is 0 Å². The van der Waals surface area contributed by atoms with E-state index in [0.717, 1.165) is 212 Å². The number of rotatable bonds is 30. The van der Waals surface area contributed by atoms with E-state index in [-0.39, 0.29) is 170 Å². The number of nitrogens with zero attached hydrogens (tertiary/aromatic N) is 9. The first-order valence-corrected chi connectivity index (χ1v) is 35.0. The summed E-state index contributed by atoms with van der Waals surface area (Å²) in [6, 6.07) is 74.7. The van der Waals surface area contributed by atoms with Crippen LogP contribution >= 0.6 is 0 Å². The minimum Gasteiger partial charge on any atom is -1.00 e. The second-order valence-corrected chi connectivity index (χ2v) is 24.7. The summed E-state index contributed by atoms with van der Waals surface area (Å²) in [5.74, 6) is 2.12. The molecule has 0 bridgehead atoms. The van der Waals surface area contributed by atoms with Crippen molar-refractivity contribution in [3.8, 4) is 152 Å². The van der Waals surface area contributed by atoms with Crippen molar-refractivity contribution in [1.29, 1.82) is 0 Å². The van der Waals surface area contributed by atoms with E-state index >= 15 is 0 Å². The molecule has 0 saturated carbocycles. The molecule has 0 fully saturated rings. The van der Waals surface area contributed by atoms with Crippen molar-refractivity contribution in [2.24, 2.45) is 0 Å². The molecule has 13 aromatic rings. The average molecular weight is 1920 g/mol. The summed E-state index contributed by atoms with van der Waals surface area (Å²) in [5.41, 5.74) is 20.5. The third kappa shape index (κ3) is 26.3. The van der Waals surface area contributed by atoms with Gasteiger partial charge in [-0.3, -0.25) is 29.9 Å². The third-order valence-corrected chi connectivity index (χ3v) is 17.7. The summed E-state index contributed by atoms with van der Waals surface area (Å²) in [6.45, 7) is 8.18. The third-order valence-electron chi connectivity index (χ3n) is 17.7. The second kappa shape index (κ2) is 52.5. The Morgan fingerprint density at radius 3 is 0.568 bits per heavy atom. The smallest absolute Gasteiger partial charge is 1.00 e. The predicted octanol–water partition coefficient (Wildman–Crippen LogP) is -4.85. The normalized spacial score (nSPS) is 9.97. The molecule has 111 heavy (non-hydrogen) atoms. The number of hydrogen-bond acceptors (Lipinski definition) is 12. The molecule has 0 unspecified atom stereocenters. The summed E-state index contributed by atoms with van der Waals surface area (Å²) in [4.78, 5) is 43.8. The summed E-state index contributed by atoms with van der Waals surface area (Å²) >= 11 is 0. The maximum Gasteiger partial charge on any atom is 3.00 e. The summed E-state index contributed by atoms with van der Waals surface area (Å²) in [5, 5.41) is 0. The topological polar surface area (TPSA) is 144 Å². The molecule has 579 valence electrons. The van der Waals surface area contributed by atoms with Crippen molar-refractivity contribution < 1.29 is 184 Å². The van der Waals surface area contributed by atoms with Gasteiger partial charge in [0, 0.05) is 37.2 Å². The Morgan fingerprint density at radius 2 is 0.396 bits per heavy atom. The Balaban J connectivity index is 0.00000513. The van der Waals surface area contributed by atoms with Crippen LogP contribution in [0.1, 0.15) is 97.8 Å². The molecule has 4 aromatic carbocycles. The first kappa shape index (κ1) is 102. The van der Waals surface area contributed by atoms with E-state index in [9.17, 15) is 0 Å². The van der Waals surface area contributed by atoms with Crippen LogP contribution in [0.2, 0.25) is 0 Å². The maximum atomic E-state index is 7.53. The number of ether oxygens (including phenoxy) is 3. The van der Waals surface area contributed by atoms with Gasteiger partial charge in [0.25, 0.3) is 0 Å². The fourth-order valence-corrected chi connectivity index (χ4v) is 12.5. The molecular formula is C87H81Cl9N9O3Ru3. The van der Waals surface area contributed by atoms with Crippen molar-refractivity contribution in [3.05, 3.63) is 256 Å². The fourth-order valence-electron chi connectivity index (χ4n) is 12.5. The van der Waals surface area contributed by atoms with E-state index in [0.29, 0.717) is 37.1 Å². The minimum atomic E-state index is 0. The average Bonchev–Trinajstić information content (AvgIpc) is 0.732. The van der Waals surface area contributed by atoms with Gasteiger partial charge < -0.3 is 126 Å². The van der Waals surface area contributed by atoms with Crippen LogP contribution in [-0.4, -0.2) is 64.7 Å². The largest absolute Gasteiger partial charge is 3.00 e. The van der Waals surface area contributed by atoms with Gasteiger partial charge in [-0.25, -0.2) is 15.0 Å². The molecular weight excluding hydrogens is 1840 g/mol. The van der Waals surface area contributed by atoms with Crippen LogP contribution in [-0.2, 0) is 58.4 Å². The van der Waals surface area contributed by atoms with Crippen LogP contribution in [0.4, 0.5) is 0 Å². The van der Waals surface area contributed by atoms with Gasteiger partial charge in [-0.1, -0.05) is 188 Å². The van der Waals surface area contributed by atoms with Crippen molar-refractivity contribution in [1.82, 2.24) is 44.9 Å². The van der Waals surface area contributed by atoms with Crippen molar-refractivity contribution in [2.75, 3.05) is 19.8 Å². The molecule has 24 heteroatoms. The van der Waals surface area contributed by atoms with Crippen molar-refractivity contribution in [2.45, 2.75) is 97.8 Å². The van der Waals surface area contributed by atoms with E-state index in [1.165, 1.54) is 0 Å². The van der Waals surface area contributed by atoms with Gasteiger partial charge >= 0.3 is 58.4 Å². The van der Waals surface area contributed by atoms with E-state index in [1.807, 2.05) is 109 Å². The van der Waals surface area contributed by atoms with Crippen molar-refractivity contribution >= 4 is 0 Å². The van der Waals surface area contributed by atoms with E-state index in [4.69, 9.17) is 59.1 Å². The van der Waals surface area contributed by atoms with Crippen molar-refractivity contribution in [3.63, 3.8) is 0 Å². The molecule has 0 saturated heterocycles. The summed E-state index contributed by atoms with van der Waals surface area (Å²) < 4.78 is 22.6. The predicted molar refractivity (Wildman–Crippen MR) is 401 cm³/mol. The molecule has 13 rings (SSSR count). The van der Waals surface area contributed by atoms with Gasteiger partial charge in [0.1, 0.15) is 17.2 Å². The molecule has 0 atom stereocenters. The van der Waals surface area contributed by atoms with Gasteiger partial charge in [-0.05, 0) is 179 Å². The van der Waals surface area contributed by atoms with Crippen LogP contribution in [0.5, 0.6) is 17.2 Å². The van der Waals surface area contributed by atoms with Crippen LogP contribution in [0.15, 0.2) is 256 Å². The summed E-state index contributed by atoms with van der Waals surface area (Å²) in [6.07, 6.45) is 23.1. The molecule has 0 spiro atoms. The number of pyridine rings is 9. The van der Waals surface area contributed by atoms with Gasteiger partial charge in [0.05, 0.1) is 105 Å². The molecule has 0 N–H and O–H groups in total. The Bertz CT molecular complexity index is 4110. The second-order valence-electron chi connectivity index (χ2n) is 24.7. The van der Waals surface area contributed by atoms with Gasteiger partial charge in [0.15, 0.2) is 0 Å². The zero-order chi connectivity index (χ0) is 67.4. The molecule has 0 amide bonds. The molecule has 3 radical (unpaired) electrons. The first-order valence-electron chi connectivity index (χ1n) is 35.0. The minimum absolute atomic E-state index is 0. The number of halogens is 9. The number of benzene rings is 4. The maximum absolute atomic E-state index is 7.53. The monoisotopic (exact) mass is 1920 g/mol.